The van der Waals surface area contributed by atoms with Crippen LogP contribution in [0.15, 0.2) is 30.3 Å². The minimum atomic E-state index is -1.02. The Bertz CT molecular complexity index is 775. The van der Waals surface area contributed by atoms with Crippen LogP contribution in [0.25, 0.3) is 0 Å². The van der Waals surface area contributed by atoms with Gasteiger partial charge in [-0.3, -0.25) is 19.3 Å². The van der Waals surface area contributed by atoms with Crippen molar-refractivity contribution in [1.82, 2.24) is 10.2 Å². The van der Waals surface area contributed by atoms with Crippen molar-refractivity contribution < 1.29 is 23.9 Å². The first-order chi connectivity index (χ1) is 13.7. The predicted octanol–water partition coefficient (Wildman–Crippen LogP) is 2.36. The fourth-order valence-corrected chi connectivity index (χ4v) is 4.02. The number of likely N-dealkylation sites (tertiary alicyclic amines) is 1. The SMILES string of the molecule is CC(C)(C)OC(=O)[C@@H](NC(=O)CN1C(=O)[C@H]2CCCC[C@@H]2C1=O)c1ccccc1. The van der Waals surface area contributed by atoms with Crippen molar-refractivity contribution >= 4 is 23.7 Å². The Labute approximate surface area is 170 Å². The maximum absolute atomic E-state index is 12.7. The van der Waals surface area contributed by atoms with Gasteiger partial charge in [-0.05, 0) is 39.2 Å². The van der Waals surface area contributed by atoms with E-state index in [-0.39, 0.29) is 30.2 Å². The lowest BCUT2D eigenvalue weighted by Crippen LogP contribution is -2.44. The molecule has 1 aliphatic carbocycles. The molecule has 2 aliphatic rings. The van der Waals surface area contributed by atoms with Crippen LogP contribution in [0.2, 0.25) is 0 Å². The molecule has 156 valence electrons. The third kappa shape index (κ3) is 4.83. The molecule has 3 rings (SSSR count). The molecule has 0 spiro atoms. The van der Waals surface area contributed by atoms with Crippen LogP contribution >= 0.6 is 0 Å². The van der Waals surface area contributed by atoms with Crippen LogP contribution in [0.3, 0.4) is 0 Å². The molecule has 1 N–H and O–H groups in total. The van der Waals surface area contributed by atoms with Gasteiger partial charge in [-0.25, -0.2) is 4.79 Å². The quantitative estimate of drug-likeness (QED) is 0.605. The van der Waals surface area contributed by atoms with E-state index in [0.29, 0.717) is 18.4 Å². The molecular formula is C22H28N2O5. The van der Waals surface area contributed by atoms with Gasteiger partial charge in [-0.2, -0.15) is 0 Å². The van der Waals surface area contributed by atoms with Crippen LogP contribution in [0.1, 0.15) is 58.1 Å². The summed E-state index contributed by atoms with van der Waals surface area (Å²) in [5.41, 5.74) is -0.145. The Morgan fingerprint density at radius 1 is 1.07 bits per heavy atom. The Balaban J connectivity index is 1.72. The third-order valence-corrected chi connectivity index (χ3v) is 5.31. The molecule has 1 saturated carbocycles. The minimum absolute atomic E-state index is 0.275. The first-order valence-electron chi connectivity index (χ1n) is 10.1. The largest absolute Gasteiger partial charge is 0.458 e. The van der Waals surface area contributed by atoms with Crippen LogP contribution in [0, 0.1) is 11.8 Å². The molecule has 0 bridgehead atoms. The Morgan fingerprint density at radius 2 is 1.62 bits per heavy atom. The normalized spacial score (nSPS) is 22.8. The van der Waals surface area contributed by atoms with Crippen LogP contribution in [-0.4, -0.2) is 40.7 Å². The number of hydrogen-bond acceptors (Lipinski definition) is 5. The number of ether oxygens (including phenoxy) is 1. The summed E-state index contributed by atoms with van der Waals surface area (Å²) in [4.78, 5) is 51.6. The van der Waals surface area contributed by atoms with Crippen molar-refractivity contribution in [2.45, 2.75) is 58.1 Å². The van der Waals surface area contributed by atoms with Gasteiger partial charge >= 0.3 is 5.97 Å². The fraction of sp³-hybridized carbons (Fsp3) is 0.545. The Morgan fingerprint density at radius 3 is 2.14 bits per heavy atom. The number of imide groups is 1. The second kappa shape index (κ2) is 8.35. The van der Waals surface area contributed by atoms with E-state index in [9.17, 15) is 19.2 Å². The van der Waals surface area contributed by atoms with Gasteiger partial charge in [0.25, 0.3) is 0 Å². The summed E-state index contributed by atoms with van der Waals surface area (Å²) >= 11 is 0. The average molecular weight is 400 g/mol. The van der Waals surface area contributed by atoms with E-state index in [1.165, 1.54) is 0 Å². The second-order valence-corrected chi connectivity index (χ2v) is 8.70. The molecule has 0 unspecified atom stereocenters. The number of nitrogens with one attached hydrogen (secondary N) is 1. The standard InChI is InChI=1S/C22H28N2O5/c1-22(2,3)29-21(28)18(14-9-5-4-6-10-14)23-17(25)13-24-19(26)15-11-7-8-12-16(15)20(24)27/h4-6,9-10,15-16,18H,7-8,11-13H2,1-3H3,(H,23,25)/t15-,16-,18-/m0/s1. The van der Waals surface area contributed by atoms with Crippen molar-refractivity contribution in [3.05, 3.63) is 35.9 Å². The van der Waals surface area contributed by atoms with Crippen LogP contribution < -0.4 is 5.32 Å². The molecule has 3 atom stereocenters. The molecule has 7 heteroatoms. The van der Waals surface area contributed by atoms with Crippen molar-refractivity contribution in [3.8, 4) is 0 Å². The highest BCUT2D eigenvalue weighted by molar-refractivity contribution is 6.07. The predicted molar refractivity (Wildman–Crippen MR) is 105 cm³/mol. The van der Waals surface area contributed by atoms with Crippen molar-refractivity contribution in [1.29, 1.82) is 0 Å². The summed E-state index contributed by atoms with van der Waals surface area (Å²) < 4.78 is 5.44. The van der Waals surface area contributed by atoms with E-state index in [0.717, 1.165) is 17.7 Å². The van der Waals surface area contributed by atoms with Gasteiger partial charge in [-0.1, -0.05) is 43.2 Å². The zero-order valence-electron chi connectivity index (χ0n) is 17.1. The van der Waals surface area contributed by atoms with Crippen molar-refractivity contribution in [2.75, 3.05) is 6.54 Å². The zero-order chi connectivity index (χ0) is 21.2. The highest BCUT2D eigenvalue weighted by Gasteiger charge is 2.48. The Hall–Kier alpha value is -2.70. The number of carbonyl (C=O) groups is 4. The van der Waals surface area contributed by atoms with E-state index in [4.69, 9.17) is 4.74 Å². The van der Waals surface area contributed by atoms with E-state index in [1.807, 2.05) is 0 Å². The second-order valence-electron chi connectivity index (χ2n) is 8.70. The zero-order valence-corrected chi connectivity index (χ0v) is 17.1. The van der Waals surface area contributed by atoms with E-state index in [1.54, 1.807) is 51.1 Å². The molecule has 3 amide bonds. The Kier molecular flexibility index (Phi) is 6.05. The lowest BCUT2D eigenvalue weighted by Gasteiger charge is -2.25. The molecule has 1 heterocycles. The van der Waals surface area contributed by atoms with E-state index in [2.05, 4.69) is 5.32 Å². The highest BCUT2D eigenvalue weighted by Crippen LogP contribution is 2.37. The van der Waals surface area contributed by atoms with Crippen LogP contribution in [0.5, 0.6) is 0 Å². The first kappa shape index (κ1) is 21.0. The molecule has 0 radical (unpaired) electrons. The average Bonchev–Trinajstić information content (AvgIpc) is 2.90. The monoisotopic (exact) mass is 400 g/mol. The van der Waals surface area contributed by atoms with Crippen LogP contribution in [-0.2, 0) is 23.9 Å². The smallest absolute Gasteiger partial charge is 0.333 e. The number of rotatable bonds is 5. The molecule has 1 aromatic rings. The molecule has 7 nitrogen and oxygen atoms in total. The first-order valence-corrected chi connectivity index (χ1v) is 10.1. The molecule has 29 heavy (non-hydrogen) atoms. The van der Waals surface area contributed by atoms with Crippen molar-refractivity contribution in [3.63, 3.8) is 0 Å². The lowest BCUT2D eigenvalue weighted by atomic mass is 9.81. The summed E-state index contributed by atoms with van der Waals surface area (Å²) in [6.07, 6.45) is 3.24. The summed E-state index contributed by atoms with van der Waals surface area (Å²) in [5.74, 6) is -2.32. The maximum Gasteiger partial charge on any atom is 0.333 e. The highest BCUT2D eigenvalue weighted by atomic mass is 16.6. The number of fused-ring (bicyclic) bond motifs is 1. The number of nitrogens with zero attached hydrogens (tertiary/aromatic N) is 1. The van der Waals surface area contributed by atoms with Gasteiger partial charge < -0.3 is 10.1 Å². The van der Waals surface area contributed by atoms with Gasteiger partial charge in [-0.15, -0.1) is 0 Å². The topological polar surface area (TPSA) is 92.8 Å². The number of carbonyl (C=O) groups excluding carboxylic acids is 4. The summed E-state index contributed by atoms with van der Waals surface area (Å²) in [7, 11) is 0. The minimum Gasteiger partial charge on any atom is -0.458 e. The lowest BCUT2D eigenvalue weighted by molar-refractivity contribution is -0.159. The van der Waals surface area contributed by atoms with Gasteiger partial charge in [0.05, 0.1) is 11.8 Å². The molecule has 0 aromatic heterocycles. The van der Waals surface area contributed by atoms with Gasteiger partial charge in [0.1, 0.15) is 12.1 Å². The number of esters is 1. The summed E-state index contributed by atoms with van der Waals surface area (Å²) in [6, 6.07) is 7.75. The molecular weight excluding hydrogens is 372 g/mol. The summed E-state index contributed by atoms with van der Waals surface area (Å²) in [5, 5.41) is 2.65. The number of amides is 3. The molecule has 1 aliphatic heterocycles. The van der Waals surface area contributed by atoms with Crippen LogP contribution in [0.4, 0.5) is 0 Å². The number of hydrogen-bond donors (Lipinski definition) is 1. The van der Waals surface area contributed by atoms with Gasteiger partial charge in [0.2, 0.25) is 17.7 Å². The van der Waals surface area contributed by atoms with Gasteiger partial charge in [0, 0.05) is 0 Å². The molecule has 2 fully saturated rings. The third-order valence-electron chi connectivity index (χ3n) is 5.31. The molecule has 1 aromatic carbocycles. The van der Waals surface area contributed by atoms with Crippen molar-refractivity contribution in [2.24, 2.45) is 11.8 Å². The van der Waals surface area contributed by atoms with E-state index < -0.39 is 23.5 Å². The fourth-order valence-electron chi connectivity index (χ4n) is 4.02. The van der Waals surface area contributed by atoms with Gasteiger partial charge in [0.15, 0.2) is 6.04 Å². The molecule has 1 saturated heterocycles. The van der Waals surface area contributed by atoms with E-state index >= 15 is 0 Å². The number of benzene rings is 1. The summed E-state index contributed by atoms with van der Waals surface area (Å²) in [6.45, 7) is 4.87. The maximum atomic E-state index is 12.7.